The summed E-state index contributed by atoms with van der Waals surface area (Å²) in [4.78, 5) is 10.8. The lowest BCUT2D eigenvalue weighted by molar-refractivity contribution is -0.116. The van der Waals surface area contributed by atoms with Gasteiger partial charge in [0.2, 0.25) is 0 Å². The van der Waals surface area contributed by atoms with Gasteiger partial charge in [-0.3, -0.25) is 0 Å². The van der Waals surface area contributed by atoms with E-state index in [2.05, 4.69) is 15.5 Å². The third-order valence-electron chi connectivity index (χ3n) is 2.93. The second-order valence-corrected chi connectivity index (χ2v) is 3.87. The lowest BCUT2D eigenvalue weighted by Crippen LogP contribution is -2.03. The Morgan fingerprint density at radius 1 is 1.53 bits per heavy atom. The normalized spacial score (nSPS) is 14.2. The molecule has 0 saturated carbocycles. The molecule has 0 N–H and O–H groups in total. The van der Waals surface area contributed by atoms with Crippen molar-refractivity contribution in [1.82, 2.24) is 20.2 Å². The minimum absolute atomic E-state index is 0.515. The minimum Gasteiger partial charge on any atom is -0.369 e. The number of carbonyl (C=O) groups is 1. The smallest absolute Gasteiger partial charge is 0.182 e. The fourth-order valence-corrected chi connectivity index (χ4v) is 2.08. The maximum atomic E-state index is 10.8. The predicted molar refractivity (Wildman–Crippen MR) is 58.2 cm³/mol. The average Bonchev–Trinajstić information content (AvgIpc) is 2.90. The Morgan fingerprint density at radius 2 is 2.41 bits per heavy atom. The van der Waals surface area contributed by atoms with E-state index in [1.165, 1.54) is 7.11 Å². The van der Waals surface area contributed by atoms with E-state index in [1.807, 2.05) is 18.2 Å². The van der Waals surface area contributed by atoms with Crippen molar-refractivity contribution in [3.05, 3.63) is 29.3 Å². The second kappa shape index (κ2) is 3.74. The van der Waals surface area contributed by atoms with Crippen LogP contribution in [0.1, 0.15) is 17.2 Å². The van der Waals surface area contributed by atoms with E-state index in [1.54, 1.807) is 4.68 Å². The first kappa shape index (κ1) is 10.1. The molecule has 0 spiro atoms. The van der Waals surface area contributed by atoms with Crippen LogP contribution in [0.15, 0.2) is 18.2 Å². The first-order valence-electron chi connectivity index (χ1n) is 5.21. The largest absolute Gasteiger partial charge is 0.369 e. The fraction of sp³-hybridized carbons (Fsp3) is 0.273. The predicted octanol–water partition coefficient (Wildman–Crippen LogP) is 0.588. The molecule has 1 aliphatic heterocycles. The first-order chi connectivity index (χ1) is 8.33. The number of fused-ring (bicyclic) bond motifs is 3. The average molecular weight is 230 g/mol. The highest BCUT2D eigenvalue weighted by atomic mass is 16.5. The van der Waals surface area contributed by atoms with Crippen LogP contribution < -0.4 is 0 Å². The Labute approximate surface area is 97.2 Å². The third-order valence-corrected chi connectivity index (χ3v) is 2.93. The Balaban J connectivity index is 2.04. The minimum atomic E-state index is -0.515. The third kappa shape index (κ3) is 1.45. The number of aldehydes is 1. The fourth-order valence-electron chi connectivity index (χ4n) is 2.08. The van der Waals surface area contributed by atoms with Crippen LogP contribution in [0, 0.1) is 0 Å². The molecule has 1 atom stereocenters. The summed E-state index contributed by atoms with van der Waals surface area (Å²) in [7, 11) is 1.52. The molecule has 0 fully saturated rings. The van der Waals surface area contributed by atoms with Crippen LogP contribution in [-0.2, 0) is 16.1 Å². The maximum Gasteiger partial charge on any atom is 0.182 e. The van der Waals surface area contributed by atoms with Crippen molar-refractivity contribution in [3.8, 4) is 11.4 Å². The first-order valence-corrected chi connectivity index (χ1v) is 5.21. The van der Waals surface area contributed by atoms with Crippen molar-refractivity contribution in [2.45, 2.75) is 12.6 Å². The molecule has 0 saturated heterocycles. The zero-order valence-corrected chi connectivity index (χ0v) is 9.20. The van der Waals surface area contributed by atoms with Crippen LogP contribution in [0.3, 0.4) is 0 Å². The maximum absolute atomic E-state index is 10.8. The van der Waals surface area contributed by atoms with Crippen molar-refractivity contribution < 1.29 is 9.53 Å². The topological polar surface area (TPSA) is 69.9 Å². The van der Waals surface area contributed by atoms with Gasteiger partial charge in [-0.15, -0.1) is 5.10 Å². The Kier molecular flexibility index (Phi) is 2.22. The molecule has 1 aromatic carbocycles. The molecule has 3 rings (SSSR count). The van der Waals surface area contributed by atoms with Gasteiger partial charge in [0, 0.05) is 12.7 Å². The van der Waals surface area contributed by atoms with E-state index >= 15 is 0 Å². The van der Waals surface area contributed by atoms with E-state index in [4.69, 9.17) is 4.74 Å². The van der Waals surface area contributed by atoms with Gasteiger partial charge < -0.3 is 9.53 Å². The van der Waals surface area contributed by atoms with Gasteiger partial charge in [0.1, 0.15) is 6.10 Å². The number of benzene rings is 1. The van der Waals surface area contributed by atoms with E-state index < -0.39 is 6.10 Å². The number of nitrogens with zero attached hydrogens (tertiary/aromatic N) is 4. The molecule has 0 bridgehead atoms. The van der Waals surface area contributed by atoms with Crippen molar-refractivity contribution in [2.75, 3.05) is 7.11 Å². The van der Waals surface area contributed by atoms with E-state index in [9.17, 15) is 4.79 Å². The van der Waals surface area contributed by atoms with Crippen molar-refractivity contribution in [1.29, 1.82) is 0 Å². The lowest BCUT2D eigenvalue weighted by atomic mass is 10.0. The summed E-state index contributed by atoms with van der Waals surface area (Å²) >= 11 is 0. The zero-order valence-electron chi connectivity index (χ0n) is 9.20. The number of tetrazole rings is 1. The molecule has 17 heavy (non-hydrogen) atoms. The molecule has 6 heteroatoms. The lowest BCUT2D eigenvalue weighted by Gasteiger charge is -2.09. The van der Waals surface area contributed by atoms with Crippen LogP contribution in [-0.4, -0.2) is 33.6 Å². The SMILES string of the molecule is COC(C=O)c1ccc2c(c1)Cn1nnnc1-2. The molecule has 86 valence electrons. The molecule has 0 aliphatic carbocycles. The standard InChI is InChI=1S/C11H10N4O2/c1-17-10(6-16)7-2-3-9-8(4-7)5-15-11(9)12-13-14-15/h2-4,6,10H,5H2,1H3. The Bertz CT molecular complexity index is 579. The molecular formula is C11H10N4O2. The molecule has 0 radical (unpaired) electrons. The zero-order chi connectivity index (χ0) is 11.8. The second-order valence-electron chi connectivity index (χ2n) is 3.87. The highest BCUT2D eigenvalue weighted by Crippen LogP contribution is 2.31. The number of hydrogen-bond donors (Lipinski definition) is 0. The summed E-state index contributed by atoms with van der Waals surface area (Å²) in [5.74, 6) is 0.770. The quantitative estimate of drug-likeness (QED) is 0.616. The van der Waals surface area contributed by atoms with Gasteiger partial charge >= 0.3 is 0 Å². The van der Waals surface area contributed by atoms with Crippen LogP contribution >= 0.6 is 0 Å². The summed E-state index contributed by atoms with van der Waals surface area (Å²) in [6.07, 6.45) is 0.272. The summed E-state index contributed by atoms with van der Waals surface area (Å²) in [5, 5.41) is 11.4. The van der Waals surface area contributed by atoms with Gasteiger partial charge in [-0.2, -0.15) is 0 Å². The van der Waals surface area contributed by atoms with Gasteiger partial charge in [-0.05, 0) is 21.6 Å². The van der Waals surface area contributed by atoms with Gasteiger partial charge in [-0.25, -0.2) is 4.68 Å². The Morgan fingerprint density at radius 3 is 3.18 bits per heavy atom. The van der Waals surface area contributed by atoms with Crippen molar-refractivity contribution >= 4 is 6.29 Å². The van der Waals surface area contributed by atoms with Crippen LogP contribution in [0.25, 0.3) is 11.4 Å². The molecule has 1 unspecified atom stereocenters. The Hall–Kier alpha value is -2.08. The van der Waals surface area contributed by atoms with Crippen LogP contribution in [0.4, 0.5) is 0 Å². The van der Waals surface area contributed by atoms with Crippen LogP contribution in [0.2, 0.25) is 0 Å². The van der Waals surface area contributed by atoms with Gasteiger partial charge in [0.05, 0.1) is 6.54 Å². The van der Waals surface area contributed by atoms with E-state index in [0.29, 0.717) is 6.54 Å². The highest BCUT2D eigenvalue weighted by Gasteiger charge is 2.22. The number of aromatic nitrogens is 4. The monoisotopic (exact) mass is 230 g/mol. The summed E-state index contributed by atoms with van der Waals surface area (Å²) in [6.45, 7) is 0.640. The van der Waals surface area contributed by atoms with Gasteiger partial charge in [0.15, 0.2) is 12.1 Å². The van der Waals surface area contributed by atoms with Crippen LogP contribution in [0.5, 0.6) is 0 Å². The summed E-state index contributed by atoms with van der Waals surface area (Å²) < 4.78 is 6.82. The van der Waals surface area contributed by atoms with Gasteiger partial charge in [0.25, 0.3) is 0 Å². The summed E-state index contributed by atoms with van der Waals surface area (Å²) in [5.41, 5.74) is 2.95. The highest BCUT2D eigenvalue weighted by molar-refractivity contribution is 5.67. The van der Waals surface area contributed by atoms with Gasteiger partial charge in [-0.1, -0.05) is 18.2 Å². The van der Waals surface area contributed by atoms with E-state index in [0.717, 1.165) is 28.8 Å². The van der Waals surface area contributed by atoms with Crippen molar-refractivity contribution in [2.24, 2.45) is 0 Å². The molecule has 2 aromatic rings. The van der Waals surface area contributed by atoms with Crippen molar-refractivity contribution in [3.63, 3.8) is 0 Å². The molecule has 2 heterocycles. The molecule has 1 aromatic heterocycles. The van der Waals surface area contributed by atoms with E-state index in [-0.39, 0.29) is 0 Å². The number of carbonyl (C=O) groups excluding carboxylic acids is 1. The molecule has 6 nitrogen and oxygen atoms in total. The number of ether oxygens (including phenoxy) is 1. The molecule has 1 aliphatic rings. The summed E-state index contributed by atoms with van der Waals surface area (Å²) in [6, 6.07) is 5.75. The molecular weight excluding hydrogens is 220 g/mol. The number of rotatable bonds is 3. The number of methoxy groups -OCH3 is 1. The number of hydrogen-bond acceptors (Lipinski definition) is 5. The molecule has 0 amide bonds.